The van der Waals surface area contributed by atoms with Crippen LogP contribution in [0, 0.1) is 5.41 Å². The van der Waals surface area contributed by atoms with E-state index >= 15 is 0 Å². The van der Waals surface area contributed by atoms with Crippen LogP contribution in [0.1, 0.15) is 12.8 Å². The second-order valence-corrected chi connectivity index (χ2v) is 6.75. The number of aliphatic carboxylic acids is 1. The summed E-state index contributed by atoms with van der Waals surface area (Å²) in [5, 5.41) is 13.9. The second-order valence-electron chi connectivity index (χ2n) is 6.75. The van der Waals surface area contributed by atoms with Gasteiger partial charge in [0.15, 0.2) is 5.82 Å². The average Bonchev–Trinajstić information content (AvgIpc) is 2.73. The van der Waals surface area contributed by atoms with Gasteiger partial charge in [-0.05, 0) is 37.1 Å². The van der Waals surface area contributed by atoms with Gasteiger partial charge < -0.3 is 15.2 Å². The fourth-order valence-electron chi connectivity index (χ4n) is 3.32. The van der Waals surface area contributed by atoms with Gasteiger partial charge >= 0.3 is 5.97 Å². The quantitative estimate of drug-likeness (QED) is 0.718. The van der Waals surface area contributed by atoms with Crippen molar-refractivity contribution in [2.75, 3.05) is 25.1 Å². The molecule has 1 aliphatic heterocycles. The Kier molecular flexibility index (Phi) is 4.68. The number of anilines is 1. The maximum atomic E-state index is 11.9. The molecule has 1 unspecified atom stereocenters. The van der Waals surface area contributed by atoms with E-state index in [2.05, 4.69) is 20.3 Å². The molecule has 1 fully saturated rings. The fraction of sp³-hybridized carbons (Fsp3) is 0.300. The van der Waals surface area contributed by atoms with E-state index in [9.17, 15) is 9.90 Å². The first-order valence-electron chi connectivity index (χ1n) is 8.90. The number of aromatic nitrogens is 3. The Balaban J connectivity index is 1.71. The standard InChI is InChI=1S/C20H20N4O3/c25-19(26)20(8-4-10-27-13-20)12-22-18-15-6-1-2-7-16(15)23-17(24-18)14-5-3-9-21-11-14/h1-3,5-7,9,11H,4,8,10,12-13H2,(H,25,26)(H,22,23,24). The van der Waals surface area contributed by atoms with Crippen LogP contribution in [0.3, 0.4) is 0 Å². The Hall–Kier alpha value is -3.06. The summed E-state index contributed by atoms with van der Waals surface area (Å²) in [5.74, 6) is 0.319. The molecule has 2 N–H and O–H groups in total. The Morgan fingerprint density at radius 3 is 2.85 bits per heavy atom. The normalized spacial score (nSPS) is 19.7. The van der Waals surface area contributed by atoms with E-state index in [1.807, 2.05) is 36.4 Å². The summed E-state index contributed by atoms with van der Waals surface area (Å²) in [5.41, 5.74) is 0.650. The zero-order valence-corrected chi connectivity index (χ0v) is 14.8. The third-order valence-corrected chi connectivity index (χ3v) is 4.89. The van der Waals surface area contributed by atoms with Crippen molar-refractivity contribution in [2.24, 2.45) is 5.41 Å². The van der Waals surface area contributed by atoms with Crippen LogP contribution < -0.4 is 5.32 Å². The minimum Gasteiger partial charge on any atom is -0.481 e. The maximum absolute atomic E-state index is 11.9. The van der Waals surface area contributed by atoms with Gasteiger partial charge in [-0.2, -0.15) is 0 Å². The average molecular weight is 364 g/mol. The zero-order valence-electron chi connectivity index (χ0n) is 14.8. The molecule has 0 radical (unpaired) electrons. The van der Waals surface area contributed by atoms with Crippen molar-refractivity contribution < 1.29 is 14.6 Å². The van der Waals surface area contributed by atoms with Crippen molar-refractivity contribution in [1.29, 1.82) is 0 Å². The second kappa shape index (κ2) is 7.28. The molecule has 0 spiro atoms. The molecule has 4 rings (SSSR count). The van der Waals surface area contributed by atoms with Crippen LogP contribution in [-0.2, 0) is 9.53 Å². The molecule has 27 heavy (non-hydrogen) atoms. The summed E-state index contributed by atoms with van der Waals surface area (Å²) in [6.45, 7) is 1.06. The van der Waals surface area contributed by atoms with Crippen LogP contribution >= 0.6 is 0 Å². The summed E-state index contributed by atoms with van der Waals surface area (Å²) in [4.78, 5) is 25.3. The van der Waals surface area contributed by atoms with Crippen molar-refractivity contribution in [2.45, 2.75) is 12.8 Å². The van der Waals surface area contributed by atoms with E-state index in [-0.39, 0.29) is 13.2 Å². The lowest BCUT2D eigenvalue weighted by Gasteiger charge is -2.33. The van der Waals surface area contributed by atoms with Gasteiger partial charge in [-0.1, -0.05) is 12.1 Å². The number of nitrogens with one attached hydrogen (secondary N) is 1. The van der Waals surface area contributed by atoms with Crippen molar-refractivity contribution in [3.05, 3.63) is 48.8 Å². The van der Waals surface area contributed by atoms with Crippen LogP contribution in [0.25, 0.3) is 22.3 Å². The SMILES string of the molecule is O=C(O)C1(CNc2nc(-c3cccnc3)nc3ccccc23)CCCOC1. The molecule has 2 aromatic heterocycles. The molecule has 7 heteroatoms. The number of nitrogens with zero attached hydrogens (tertiary/aromatic N) is 3. The number of carbonyl (C=O) groups is 1. The van der Waals surface area contributed by atoms with Crippen LogP contribution in [0.4, 0.5) is 5.82 Å². The third kappa shape index (κ3) is 3.46. The number of rotatable bonds is 5. The molecule has 138 valence electrons. The first kappa shape index (κ1) is 17.4. The van der Waals surface area contributed by atoms with Crippen LogP contribution in [0.15, 0.2) is 48.8 Å². The van der Waals surface area contributed by atoms with Crippen molar-refractivity contribution in [3.63, 3.8) is 0 Å². The zero-order chi connectivity index (χ0) is 18.7. The predicted octanol–water partition coefficient (Wildman–Crippen LogP) is 2.99. The summed E-state index contributed by atoms with van der Waals surface area (Å²) in [7, 11) is 0. The van der Waals surface area contributed by atoms with Crippen molar-refractivity contribution in [3.8, 4) is 11.4 Å². The van der Waals surface area contributed by atoms with E-state index in [1.54, 1.807) is 12.4 Å². The number of pyridine rings is 1. The van der Waals surface area contributed by atoms with Crippen LogP contribution in [0.5, 0.6) is 0 Å². The third-order valence-electron chi connectivity index (χ3n) is 4.89. The Labute approximate surface area is 156 Å². The predicted molar refractivity (Wildman–Crippen MR) is 101 cm³/mol. The number of carboxylic acid groups (broad SMARTS) is 1. The number of carboxylic acids is 1. The van der Waals surface area contributed by atoms with Gasteiger partial charge in [0.05, 0.1) is 12.1 Å². The minimum absolute atomic E-state index is 0.202. The highest BCUT2D eigenvalue weighted by Crippen LogP contribution is 2.31. The van der Waals surface area contributed by atoms with E-state index in [0.717, 1.165) is 22.9 Å². The molecule has 0 amide bonds. The van der Waals surface area contributed by atoms with Crippen molar-refractivity contribution >= 4 is 22.7 Å². The summed E-state index contributed by atoms with van der Waals surface area (Å²) in [6.07, 6.45) is 4.72. The van der Waals surface area contributed by atoms with Crippen LogP contribution in [0.2, 0.25) is 0 Å². The molecule has 1 aromatic carbocycles. The molecule has 0 saturated carbocycles. The Morgan fingerprint density at radius 2 is 2.11 bits per heavy atom. The highest BCUT2D eigenvalue weighted by Gasteiger charge is 2.40. The first-order valence-corrected chi connectivity index (χ1v) is 8.90. The number of fused-ring (bicyclic) bond motifs is 1. The van der Waals surface area contributed by atoms with E-state index in [0.29, 0.717) is 24.7 Å². The summed E-state index contributed by atoms with van der Waals surface area (Å²) in [6, 6.07) is 11.4. The maximum Gasteiger partial charge on any atom is 0.313 e. The van der Waals surface area contributed by atoms with Gasteiger partial charge in [-0.3, -0.25) is 9.78 Å². The molecule has 1 aliphatic rings. The monoisotopic (exact) mass is 364 g/mol. The van der Waals surface area contributed by atoms with E-state index in [1.165, 1.54) is 0 Å². The number of hydrogen-bond acceptors (Lipinski definition) is 6. The number of hydrogen-bond donors (Lipinski definition) is 2. The molecule has 0 aliphatic carbocycles. The molecule has 0 bridgehead atoms. The van der Waals surface area contributed by atoms with E-state index < -0.39 is 11.4 Å². The summed E-state index contributed by atoms with van der Waals surface area (Å²) >= 11 is 0. The van der Waals surface area contributed by atoms with Gasteiger partial charge in [-0.15, -0.1) is 0 Å². The molecule has 7 nitrogen and oxygen atoms in total. The van der Waals surface area contributed by atoms with Gasteiger partial charge in [0.25, 0.3) is 0 Å². The smallest absolute Gasteiger partial charge is 0.313 e. The first-order chi connectivity index (χ1) is 13.2. The molecule has 3 heterocycles. The Morgan fingerprint density at radius 1 is 1.22 bits per heavy atom. The lowest BCUT2D eigenvalue weighted by molar-refractivity contribution is -0.155. The minimum atomic E-state index is -0.946. The highest BCUT2D eigenvalue weighted by atomic mass is 16.5. The topological polar surface area (TPSA) is 97.2 Å². The lowest BCUT2D eigenvalue weighted by Crippen LogP contribution is -2.44. The largest absolute Gasteiger partial charge is 0.481 e. The fourth-order valence-corrected chi connectivity index (χ4v) is 3.32. The number of ether oxygens (including phenoxy) is 1. The van der Waals surface area contributed by atoms with E-state index in [4.69, 9.17) is 4.74 Å². The highest BCUT2D eigenvalue weighted by molar-refractivity contribution is 5.90. The summed E-state index contributed by atoms with van der Waals surface area (Å²) < 4.78 is 5.45. The molecule has 3 aromatic rings. The molecule has 1 saturated heterocycles. The van der Waals surface area contributed by atoms with Crippen LogP contribution in [-0.4, -0.2) is 45.8 Å². The molecular weight excluding hydrogens is 344 g/mol. The number of para-hydroxylation sites is 1. The van der Waals surface area contributed by atoms with Gasteiger partial charge in [0.2, 0.25) is 0 Å². The number of benzene rings is 1. The molecule has 1 atom stereocenters. The van der Waals surface area contributed by atoms with Gasteiger partial charge in [0.1, 0.15) is 11.2 Å². The van der Waals surface area contributed by atoms with Gasteiger partial charge in [-0.25, -0.2) is 9.97 Å². The van der Waals surface area contributed by atoms with Crippen molar-refractivity contribution in [1.82, 2.24) is 15.0 Å². The van der Waals surface area contributed by atoms with Gasteiger partial charge in [0, 0.05) is 36.5 Å². The molecular formula is C20H20N4O3. The Bertz CT molecular complexity index is 956. The lowest BCUT2D eigenvalue weighted by atomic mass is 9.82.